The molecule has 2 aliphatic heterocycles. The Balaban J connectivity index is 0.00000225. The highest BCUT2D eigenvalue weighted by molar-refractivity contribution is 7.89. The molecule has 1 N–H and O–H groups in total. The number of carbonyl (C=O) groups excluding carboxylic acids is 1. The van der Waals surface area contributed by atoms with Crippen LogP contribution in [0.5, 0.6) is 0 Å². The summed E-state index contributed by atoms with van der Waals surface area (Å²) in [5.74, 6) is 0.492. The number of rotatable bonds is 4. The number of hydrogen-bond donors (Lipinski definition) is 1. The summed E-state index contributed by atoms with van der Waals surface area (Å²) in [6.07, 6.45) is 2.54. The molecule has 2 heterocycles. The van der Waals surface area contributed by atoms with Crippen molar-refractivity contribution in [1.82, 2.24) is 9.62 Å². The van der Waals surface area contributed by atoms with Crippen LogP contribution >= 0.6 is 12.4 Å². The number of piperidine rings is 1. The van der Waals surface area contributed by atoms with Gasteiger partial charge in [-0.2, -0.15) is 4.31 Å². The number of carbonyl (C=O) groups is 1. The lowest BCUT2D eigenvalue weighted by molar-refractivity contribution is -0.116. The Morgan fingerprint density at radius 3 is 2.52 bits per heavy atom. The number of sulfonamides is 1. The lowest BCUT2D eigenvalue weighted by Crippen LogP contribution is -2.40. The first-order chi connectivity index (χ1) is 11.4. The van der Waals surface area contributed by atoms with Gasteiger partial charge < -0.3 is 10.2 Å². The van der Waals surface area contributed by atoms with Crippen LogP contribution in [0, 0.1) is 5.92 Å². The van der Waals surface area contributed by atoms with Crippen molar-refractivity contribution >= 4 is 34.0 Å². The Morgan fingerprint density at radius 1 is 1.24 bits per heavy atom. The summed E-state index contributed by atoms with van der Waals surface area (Å²) in [7, 11) is -1.57. The van der Waals surface area contributed by atoms with Gasteiger partial charge in [-0.1, -0.05) is 6.07 Å². The molecule has 0 bridgehead atoms. The van der Waals surface area contributed by atoms with Gasteiger partial charge in [-0.25, -0.2) is 8.42 Å². The van der Waals surface area contributed by atoms with Crippen molar-refractivity contribution in [3.05, 3.63) is 23.8 Å². The third-order valence-electron chi connectivity index (χ3n) is 5.04. The molecule has 0 aromatic heterocycles. The van der Waals surface area contributed by atoms with Crippen molar-refractivity contribution in [3.8, 4) is 0 Å². The summed E-state index contributed by atoms with van der Waals surface area (Å²) >= 11 is 0. The zero-order chi connectivity index (χ0) is 17.3. The molecule has 0 saturated carbocycles. The third-order valence-corrected chi connectivity index (χ3v) is 6.93. The van der Waals surface area contributed by atoms with Crippen LogP contribution in [0.1, 0.15) is 25.3 Å². The summed E-state index contributed by atoms with van der Waals surface area (Å²) in [5.41, 5.74) is 1.78. The van der Waals surface area contributed by atoms with E-state index in [4.69, 9.17) is 0 Å². The highest BCUT2D eigenvalue weighted by Crippen LogP contribution is 2.32. The Bertz CT molecular complexity index is 731. The van der Waals surface area contributed by atoms with Crippen LogP contribution < -0.4 is 10.2 Å². The van der Waals surface area contributed by atoms with Crippen LogP contribution in [0.2, 0.25) is 0 Å². The number of fused-ring (bicyclic) bond motifs is 1. The van der Waals surface area contributed by atoms with Crippen molar-refractivity contribution in [2.24, 2.45) is 5.92 Å². The standard InChI is InChI=1S/C17H25N3O3S.ClH/c1-13(21)20-10-7-15-3-4-16(11-17(15)20)24(22,23)19-8-5-14(6-9-19)12-18-2;/h3-4,11,14,18H,5-10,12H2,1-2H3;1H. The van der Waals surface area contributed by atoms with E-state index in [1.807, 2.05) is 13.1 Å². The predicted octanol–water partition coefficient (Wildman–Crippen LogP) is 1.64. The molecule has 140 valence electrons. The Labute approximate surface area is 156 Å². The predicted molar refractivity (Wildman–Crippen MR) is 101 cm³/mol. The number of amides is 1. The van der Waals surface area contributed by atoms with Crippen LogP contribution in [-0.2, 0) is 21.2 Å². The molecule has 2 aliphatic rings. The van der Waals surface area contributed by atoms with E-state index in [-0.39, 0.29) is 18.3 Å². The average molecular weight is 388 g/mol. The summed E-state index contributed by atoms with van der Waals surface area (Å²) in [5, 5.41) is 3.16. The molecule has 0 spiro atoms. The van der Waals surface area contributed by atoms with E-state index in [0.29, 0.717) is 30.4 Å². The fraction of sp³-hybridized carbons (Fsp3) is 0.588. The van der Waals surface area contributed by atoms with E-state index < -0.39 is 10.0 Å². The molecular formula is C17H26ClN3O3S. The van der Waals surface area contributed by atoms with Gasteiger partial charge in [0, 0.05) is 32.2 Å². The fourth-order valence-corrected chi connectivity index (χ4v) is 5.13. The number of halogens is 1. The van der Waals surface area contributed by atoms with Crippen molar-refractivity contribution in [2.45, 2.75) is 31.1 Å². The zero-order valence-corrected chi connectivity index (χ0v) is 16.3. The summed E-state index contributed by atoms with van der Waals surface area (Å²) in [4.78, 5) is 13.7. The largest absolute Gasteiger partial charge is 0.319 e. The second-order valence-electron chi connectivity index (χ2n) is 6.62. The zero-order valence-electron chi connectivity index (χ0n) is 14.7. The molecule has 0 atom stereocenters. The van der Waals surface area contributed by atoms with Crippen LogP contribution in [-0.4, -0.2) is 51.9 Å². The number of nitrogens with zero attached hydrogens (tertiary/aromatic N) is 2. The van der Waals surface area contributed by atoms with Crippen LogP contribution in [0.4, 0.5) is 5.69 Å². The Morgan fingerprint density at radius 2 is 1.92 bits per heavy atom. The second-order valence-corrected chi connectivity index (χ2v) is 8.55. The molecule has 1 fully saturated rings. The average Bonchev–Trinajstić information content (AvgIpc) is 2.99. The quantitative estimate of drug-likeness (QED) is 0.852. The van der Waals surface area contributed by atoms with Gasteiger partial charge in [-0.3, -0.25) is 4.79 Å². The van der Waals surface area contributed by atoms with Gasteiger partial charge in [0.05, 0.1) is 4.90 Å². The molecule has 1 aromatic carbocycles. The number of benzene rings is 1. The van der Waals surface area contributed by atoms with E-state index in [0.717, 1.165) is 37.1 Å². The lowest BCUT2D eigenvalue weighted by atomic mass is 9.98. The van der Waals surface area contributed by atoms with Gasteiger partial charge in [0.15, 0.2) is 0 Å². The summed E-state index contributed by atoms with van der Waals surface area (Å²) < 4.78 is 27.4. The topological polar surface area (TPSA) is 69.7 Å². The molecule has 0 radical (unpaired) electrons. The van der Waals surface area contributed by atoms with Crippen LogP contribution in [0.3, 0.4) is 0 Å². The molecule has 0 aliphatic carbocycles. The Hall–Kier alpha value is -1.15. The van der Waals surface area contributed by atoms with Crippen LogP contribution in [0.25, 0.3) is 0 Å². The van der Waals surface area contributed by atoms with Gasteiger partial charge in [-0.05, 0) is 56.5 Å². The molecule has 0 unspecified atom stereocenters. The van der Waals surface area contributed by atoms with E-state index in [2.05, 4.69) is 5.32 Å². The summed E-state index contributed by atoms with van der Waals surface area (Å²) in [6.45, 7) is 4.19. The number of nitrogens with one attached hydrogen (secondary N) is 1. The normalized spacial score (nSPS) is 18.7. The van der Waals surface area contributed by atoms with Gasteiger partial charge in [0.1, 0.15) is 0 Å². The first-order valence-corrected chi connectivity index (χ1v) is 9.93. The smallest absolute Gasteiger partial charge is 0.243 e. The van der Waals surface area contributed by atoms with E-state index >= 15 is 0 Å². The highest BCUT2D eigenvalue weighted by atomic mass is 35.5. The first-order valence-electron chi connectivity index (χ1n) is 8.49. The molecule has 1 aromatic rings. The maximum Gasteiger partial charge on any atom is 0.243 e. The second kappa shape index (κ2) is 8.03. The minimum Gasteiger partial charge on any atom is -0.319 e. The van der Waals surface area contributed by atoms with E-state index in [1.165, 1.54) is 6.92 Å². The van der Waals surface area contributed by atoms with Gasteiger partial charge in [0.2, 0.25) is 15.9 Å². The summed E-state index contributed by atoms with van der Waals surface area (Å²) in [6, 6.07) is 5.19. The van der Waals surface area contributed by atoms with E-state index in [1.54, 1.807) is 21.3 Å². The fourth-order valence-electron chi connectivity index (χ4n) is 3.64. The lowest BCUT2D eigenvalue weighted by Gasteiger charge is -2.31. The maximum absolute atomic E-state index is 12.9. The van der Waals surface area contributed by atoms with Gasteiger partial charge in [-0.15, -0.1) is 12.4 Å². The SMILES string of the molecule is CNCC1CCN(S(=O)(=O)c2ccc3c(c2)N(C(C)=O)CC3)CC1.Cl. The minimum absolute atomic E-state index is 0. The number of anilines is 1. The molecular weight excluding hydrogens is 362 g/mol. The van der Waals surface area contributed by atoms with Crippen molar-refractivity contribution in [2.75, 3.05) is 38.1 Å². The van der Waals surface area contributed by atoms with Gasteiger partial charge in [0.25, 0.3) is 0 Å². The molecule has 1 amide bonds. The molecule has 1 saturated heterocycles. The van der Waals surface area contributed by atoms with Gasteiger partial charge >= 0.3 is 0 Å². The molecule has 3 rings (SSSR count). The molecule has 8 heteroatoms. The minimum atomic E-state index is -3.50. The first kappa shape index (κ1) is 20.2. The number of hydrogen-bond acceptors (Lipinski definition) is 4. The van der Waals surface area contributed by atoms with E-state index in [9.17, 15) is 13.2 Å². The highest BCUT2D eigenvalue weighted by Gasteiger charge is 2.31. The third kappa shape index (κ3) is 4.00. The Kier molecular flexibility index (Phi) is 6.48. The maximum atomic E-state index is 12.9. The molecule has 25 heavy (non-hydrogen) atoms. The van der Waals surface area contributed by atoms with Crippen LogP contribution in [0.15, 0.2) is 23.1 Å². The van der Waals surface area contributed by atoms with Crippen molar-refractivity contribution in [1.29, 1.82) is 0 Å². The van der Waals surface area contributed by atoms with Crippen molar-refractivity contribution < 1.29 is 13.2 Å². The molecule has 6 nitrogen and oxygen atoms in total. The monoisotopic (exact) mass is 387 g/mol. The van der Waals surface area contributed by atoms with Crippen molar-refractivity contribution in [3.63, 3.8) is 0 Å².